The van der Waals surface area contributed by atoms with Gasteiger partial charge in [0.25, 0.3) is 5.56 Å². The Bertz CT molecular complexity index is 1230. The van der Waals surface area contributed by atoms with E-state index < -0.39 is 37.4 Å². The summed E-state index contributed by atoms with van der Waals surface area (Å²) in [5.74, 6) is -0.547. The lowest BCUT2D eigenvalue weighted by Gasteiger charge is -2.26. The molecule has 32 heavy (non-hydrogen) atoms. The van der Waals surface area contributed by atoms with Crippen LogP contribution in [-0.2, 0) is 36.2 Å². The average Bonchev–Trinajstić information content (AvgIpc) is 3.22. The van der Waals surface area contributed by atoms with Gasteiger partial charge in [0.1, 0.15) is 11.9 Å². The molecule has 1 aromatic carbocycles. The Morgan fingerprint density at radius 1 is 1.34 bits per heavy atom. The first kappa shape index (κ1) is 22.2. The van der Waals surface area contributed by atoms with Crippen LogP contribution in [0.3, 0.4) is 0 Å². The summed E-state index contributed by atoms with van der Waals surface area (Å²) in [6, 6.07) is 5.06. The summed E-state index contributed by atoms with van der Waals surface area (Å²) in [6.45, 7) is 1.42. The van der Waals surface area contributed by atoms with Crippen molar-refractivity contribution in [1.82, 2.24) is 9.55 Å². The number of rotatable bonds is 7. The summed E-state index contributed by atoms with van der Waals surface area (Å²) >= 11 is 0. The summed E-state index contributed by atoms with van der Waals surface area (Å²) < 4.78 is 35.9. The van der Waals surface area contributed by atoms with E-state index in [1.54, 1.807) is 37.3 Å². The number of carboxylic acid groups (broad SMARTS) is 1. The molecule has 3 heterocycles. The van der Waals surface area contributed by atoms with Gasteiger partial charge >= 0.3 is 19.5 Å². The van der Waals surface area contributed by atoms with Crippen LogP contribution >= 0.6 is 7.82 Å². The van der Waals surface area contributed by atoms with Gasteiger partial charge in [0, 0.05) is 23.7 Å². The van der Waals surface area contributed by atoms with Crippen molar-refractivity contribution in [3.05, 3.63) is 74.1 Å². The molecule has 0 spiro atoms. The molecule has 4 rings (SSSR count). The van der Waals surface area contributed by atoms with Crippen molar-refractivity contribution in [2.24, 2.45) is 0 Å². The Morgan fingerprint density at radius 2 is 2.16 bits per heavy atom. The van der Waals surface area contributed by atoms with Gasteiger partial charge < -0.3 is 14.4 Å². The third-order valence-corrected chi connectivity index (χ3v) is 6.29. The van der Waals surface area contributed by atoms with Crippen molar-refractivity contribution in [2.45, 2.75) is 38.7 Å². The monoisotopic (exact) mass is 464 g/mol. The van der Waals surface area contributed by atoms with Gasteiger partial charge in [-0.3, -0.25) is 28.2 Å². The zero-order valence-corrected chi connectivity index (χ0v) is 17.9. The van der Waals surface area contributed by atoms with Gasteiger partial charge in [0.15, 0.2) is 6.23 Å². The molecule has 0 radical (unpaired) electrons. The highest BCUT2D eigenvalue weighted by atomic mass is 31.2. The van der Waals surface area contributed by atoms with Crippen molar-refractivity contribution >= 4 is 13.8 Å². The molecular formula is C20H21N2O9P. The zero-order chi connectivity index (χ0) is 22.9. The van der Waals surface area contributed by atoms with Crippen LogP contribution in [0.15, 0.2) is 46.1 Å². The molecule has 2 aromatic rings. The number of phosphoric acid groups is 1. The summed E-state index contributed by atoms with van der Waals surface area (Å²) in [7, 11) is -3.88. The number of ether oxygens (including phenoxy) is 1. The van der Waals surface area contributed by atoms with Crippen LogP contribution in [0.25, 0.3) is 0 Å². The number of aromatic amines is 1. The van der Waals surface area contributed by atoms with E-state index in [2.05, 4.69) is 4.98 Å². The second-order valence-corrected chi connectivity index (χ2v) is 8.97. The predicted molar refractivity (Wildman–Crippen MR) is 110 cm³/mol. The number of aliphatic carboxylic acids is 1. The number of phosphoric ester groups is 1. The Labute approximate surface area is 181 Å². The van der Waals surface area contributed by atoms with E-state index in [1.807, 2.05) is 0 Å². The van der Waals surface area contributed by atoms with E-state index in [9.17, 15) is 18.9 Å². The van der Waals surface area contributed by atoms with Gasteiger partial charge in [-0.2, -0.15) is 0 Å². The van der Waals surface area contributed by atoms with Crippen LogP contribution in [-0.4, -0.2) is 33.3 Å². The third kappa shape index (κ3) is 4.91. The van der Waals surface area contributed by atoms with E-state index in [0.29, 0.717) is 23.3 Å². The fourth-order valence-corrected chi connectivity index (χ4v) is 4.51. The molecule has 1 aromatic heterocycles. The number of nitrogens with zero attached hydrogens (tertiary/aromatic N) is 1. The van der Waals surface area contributed by atoms with E-state index in [-0.39, 0.29) is 19.6 Å². The highest BCUT2D eigenvalue weighted by Gasteiger charge is 2.36. The van der Waals surface area contributed by atoms with Crippen molar-refractivity contribution in [1.29, 1.82) is 0 Å². The van der Waals surface area contributed by atoms with E-state index >= 15 is 0 Å². The first-order valence-corrected chi connectivity index (χ1v) is 11.3. The Kier molecular flexibility index (Phi) is 6.16. The predicted octanol–water partition coefficient (Wildman–Crippen LogP) is 2.05. The molecule has 0 fully saturated rings. The zero-order valence-electron chi connectivity index (χ0n) is 17.1. The quantitative estimate of drug-likeness (QED) is 0.464. The van der Waals surface area contributed by atoms with Crippen LogP contribution in [0.1, 0.15) is 29.3 Å². The Hall–Kier alpha value is -2.98. The fourth-order valence-electron chi connectivity index (χ4n) is 3.28. The normalized spacial score (nSPS) is 24.2. The number of carbonyl (C=O) groups is 1. The lowest BCUT2D eigenvalue weighted by molar-refractivity contribution is -0.136. The molecule has 12 heteroatoms. The smallest absolute Gasteiger partial charge is 0.481 e. The molecule has 2 N–H and O–H groups in total. The van der Waals surface area contributed by atoms with Gasteiger partial charge in [-0.05, 0) is 37.1 Å². The van der Waals surface area contributed by atoms with Gasteiger partial charge in [-0.15, -0.1) is 0 Å². The molecule has 0 amide bonds. The molecule has 11 nitrogen and oxygen atoms in total. The van der Waals surface area contributed by atoms with Gasteiger partial charge in [-0.1, -0.05) is 12.1 Å². The minimum absolute atomic E-state index is 0.00274. The van der Waals surface area contributed by atoms with Gasteiger partial charge in [0.05, 0.1) is 13.2 Å². The van der Waals surface area contributed by atoms with Crippen LogP contribution in [0, 0.1) is 6.92 Å². The first-order chi connectivity index (χ1) is 15.2. The first-order valence-electron chi connectivity index (χ1n) is 9.80. The SMILES string of the molecule is Cc1cn([C@H]2C=C[C@@H](COP3(=O)OCc4cc(CCC(=O)O)ccc4O3)O2)c(=O)[nH]c1=O. The number of benzene rings is 1. The summed E-state index contributed by atoms with van der Waals surface area (Å²) in [5.41, 5.74) is 0.738. The van der Waals surface area contributed by atoms with Crippen molar-refractivity contribution < 1.29 is 32.8 Å². The molecule has 0 aliphatic carbocycles. The number of aromatic nitrogens is 2. The minimum atomic E-state index is -3.88. The largest absolute Gasteiger partial charge is 0.530 e. The number of nitrogens with one attached hydrogen (secondary N) is 1. The maximum atomic E-state index is 12.8. The van der Waals surface area contributed by atoms with Gasteiger partial charge in [-0.25, -0.2) is 9.36 Å². The van der Waals surface area contributed by atoms with Crippen molar-refractivity contribution in [3.8, 4) is 5.75 Å². The molecule has 0 bridgehead atoms. The highest BCUT2D eigenvalue weighted by molar-refractivity contribution is 7.49. The molecule has 0 saturated heterocycles. The topological polar surface area (TPSA) is 146 Å². The number of hydrogen-bond donors (Lipinski definition) is 2. The number of H-pyrrole nitrogens is 1. The second kappa shape index (κ2) is 8.87. The van der Waals surface area contributed by atoms with Crippen LogP contribution in [0.4, 0.5) is 0 Å². The summed E-state index contributed by atoms with van der Waals surface area (Å²) in [4.78, 5) is 36.5. The van der Waals surface area contributed by atoms with Crippen LogP contribution in [0.5, 0.6) is 5.75 Å². The maximum absolute atomic E-state index is 12.8. The molecular weight excluding hydrogens is 443 g/mol. The lowest BCUT2D eigenvalue weighted by Crippen LogP contribution is -2.33. The maximum Gasteiger partial charge on any atom is 0.530 e. The van der Waals surface area contributed by atoms with E-state index in [1.165, 1.54) is 10.8 Å². The molecule has 1 unspecified atom stereocenters. The number of aryl methyl sites for hydroxylation is 2. The Morgan fingerprint density at radius 3 is 2.94 bits per heavy atom. The molecule has 170 valence electrons. The highest BCUT2D eigenvalue weighted by Crippen LogP contribution is 2.54. The van der Waals surface area contributed by atoms with Crippen LogP contribution < -0.4 is 15.8 Å². The molecule has 3 atom stereocenters. The third-order valence-electron chi connectivity index (χ3n) is 4.96. The fraction of sp³-hybridized carbons (Fsp3) is 0.350. The average molecular weight is 464 g/mol. The minimum Gasteiger partial charge on any atom is -0.481 e. The van der Waals surface area contributed by atoms with Crippen molar-refractivity contribution in [3.63, 3.8) is 0 Å². The molecule has 2 aliphatic heterocycles. The number of carboxylic acids is 1. The Balaban J connectivity index is 1.35. The molecule has 2 aliphatic rings. The number of fused-ring (bicyclic) bond motifs is 1. The number of hydrogen-bond acceptors (Lipinski definition) is 8. The second-order valence-electron chi connectivity index (χ2n) is 7.37. The van der Waals surface area contributed by atoms with Crippen molar-refractivity contribution in [2.75, 3.05) is 6.61 Å². The van der Waals surface area contributed by atoms with E-state index in [0.717, 1.165) is 5.56 Å². The van der Waals surface area contributed by atoms with Gasteiger partial charge in [0.2, 0.25) is 0 Å². The molecule has 0 saturated carbocycles. The van der Waals surface area contributed by atoms with Crippen LogP contribution in [0.2, 0.25) is 0 Å². The summed E-state index contributed by atoms with van der Waals surface area (Å²) in [5, 5.41) is 8.80. The lowest BCUT2D eigenvalue weighted by atomic mass is 10.1. The van der Waals surface area contributed by atoms with E-state index in [4.69, 9.17) is 23.4 Å². The summed E-state index contributed by atoms with van der Waals surface area (Å²) in [6.07, 6.45) is 3.68. The standard InChI is InChI=1S/C20H21N2O9P/c1-12-9-22(20(26)21-19(12)25)17-6-4-15(30-17)11-29-32(27)28-10-14-8-13(3-7-18(23)24)2-5-16(14)31-32/h2,4-6,8-9,15,17H,3,7,10-11H2,1H3,(H,23,24)(H,21,25,26)/t15-,17+,32?/m0/s1.